The Kier molecular flexibility index (Phi) is 60.7. The van der Waals surface area contributed by atoms with Gasteiger partial charge in [-0.15, -0.1) is 0 Å². The first-order valence-corrected chi connectivity index (χ1v) is 32.4. The van der Waals surface area contributed by atoms with Crippen molar-refractivity contribution in [2.24, 2.45) is 0 Å². The maximum absolute atomic E-state index is 12.9. The zero-order chi connectivity index (χ0) is 54.3. The number of unbranched alkanes of at least 4 members (excludes halogenated alkanes) is 36. The number of rotatable bonds is 59. The van der Waals surface area contributed by atoms with Crippen LogP contribution in [0.3, 0.4) is 0 Å². The van der Waals surface area contributed by atoms with Crippen LogP contribution in [0.15, 0.2) is 72.9 Å². The van der Waals surface area contributed by atoms with Crippen molar-refractivity contribution >= 4 is 17.9 Å². The van der Waals surface area contributed by atoms with E-state index in [9.17, 15) is 14.4 Å². The van der Waals surface area contributed by atoms with Crippen molar-refractivity contribution in [2.75, 3.05) is 13.2 Å². The van der Waals surface area contributed by atoms with Gasteiger partial charge in [-0.05, 0) is 116 Å². The summed E-state index contributed by atoms with van der Waals surface area (Å²) in [5, 5.41) is 0. The molecule has 0 rings (SSSR count). The molecule has 6 nitrogen and oxygen atoms in total. The van der Waals surface area contributed by atoms with E-state index in [2.05, 4.69) is 93.7 Å². The lowest BCUT2D eigenvalue weighted by molar-refractivity contribution is -0.167. The summed E-state index contributed by atoms with van der Waals surface area (Å²) in [5.41, 5.74) is 0. The number of carbonyl (C=O) groups is 3. The van der Waals surface area contributed by atoms with Crippen molar-refractivity contribution in [1.82, 2.24) is 0 Å². The fraction of sp³-hybridized carbons (Fsp3) is 0.783. The van der Waals surface area contributed by atoms with Gasteiger partial charge in [0.15, 0.2) is 6.10 Å². The number of hydrogen-bond donors (Lipinski definition) is 0. The molecule has 0 heterocycles. The van der Waals surface area contributed by atoms with E-state index in [0.29, 0.717) is 19.3 Å². The van der Waals surface area contributed by atoms with E-state index >= 15 is 0 Å². The van der Waals surface area contributed by atoms with Crippen LogP contribution in [0.25, 0.3) is 0 Å². The van der Waals surface area contributed by atoms with E-state index in [4.69, 9.17) is 14.2 Å². The Bertz CT molecular complexity index is 1390. The fourth-order valence-corrected chi connectivity index (χ4v) is 9.24. The van der Waals surface area contributed by atoms with Gasteiger partial charge in [0.05, 0.1) is 0 Å². The van der Waals surface area contributed by atoms with Gasteiger partial charge in [0.1, 0.15) is 13.2 Å². The van der Waals surface area contributed by atoms with Crippen molar-refractivity contribution in [3.63, 3.8) is 0 Å². The van der Waals surface area contributed by atoms with Crippen LogP contribution in [0.1, 0.15) is 329 Å². The second-order valence-corrected chi connectivity index (χ2v) is 21.7. The van der Waals surface area contributed by atoms with Gasteiger partial charge in [0.25, 0.3) is 0 Å². The number of hydrogen-bond acceptors (Lipinski definition) is 6. The van der Waals surface area contributed by atoms with Crippen LogP contribution in [0, 0.1) is 0 Å². The molecular formula is C69H122O6. The lowest BCUT2D eigenvalue weighted by Crippen LogP contribution is -2.30. The molecule has 0 aromatic rings. The highest BCUT2D eigenvalue weighted by molar-refractivity contribution is 5.71. The molecule has 1 unspecified atom stereocenters. The van der Waals surface area contributed by atoms with Crippen LogP contribution in [-0.2, 0) is 28.6 Å². The predicted octanol–water partition coefficient (Wildman–Crippen LogP) is 22.1. The molecule has 75 heavy (non-hydrogen) atoms. The highest BCUT2D eigenvalue weighted by Gasteiger charge is 2.19. The summed E-state index contributed by atoms with van der Waals surface area (Å²) < 4.78 is 16.9. The quantitative estimate of drug-likeness (QED) is 0.0261. The Hall–Kier alpha value is -3.15. The fourth-order valence-electron chi connectivity index (χ4n) is 9.24. The summed E-state index contributed by atoms with van der Waals surface area (Å²) in [5.74, 6) is -0.890. The largest absolute Gasteiger partial charge is 0.462 e. The third kappa shape index (κ3) is 61.6. The van der Waals surface area contributed by atoms with Crippen molar-refractivity contribution in [2.45, 2.75) is 335 Å². The Balaban J connectivity index is 4.38. The summed E-state index contributed by atoms with van der Waals surface area (Å²) in [4.78, 5) is 38.3. The van der Waals surface area contributed by atoms with Crippen molar-refractivity contribution in [3.8, 4) is 0 Å². The van der Waals surface area contributed by atoms with Crippen LogP contribution >= 0.6 is 0 Å². The van der Waals surface area contributed by atoms with Gasteiger partial charge in [-0.2, -0.15) is 0 Å². The topological polar surface area (TPSA) is 78.9 Å². The van der Waals surface area contributed by atoms with Crippen molar-refractivity contribution < 1.29 is 28.6 Å². The van der Waals surface area contributed by atoms with Gasteiger partial charge in [0, 0.05) is 19.3 Å². The average molecular weight is 1050 g/mol. The van der Waals surface area contributed by atoms with Gasteiger partial charge in [-0.1, -0.05) is 267 Å². The molecule has 434 valence electrons. The van der Waals surface area contributed by atoms with Gasteiger partial charge < -0.3 is 14.2 Å². The zero-order valence-electron chi connectivity index (χ0n) is 49.8. The summed E-state index contributed by atoms with van der Waals surface area (Å²) in [6, 6.07) is 0. The van der Waals surface area contributed by atoms with Crippen LogP contribution in [-0.4, -0.2) is 37.2 Å². The normalized spacial score (nSPS) is 12.5. The summed E-state index contributed by atoms with van der Waals surface area (Å²) in [7, 11) is 0. The molecular weight excluding hydrogens is 925 g/mol. The summed E-state index contributed by atoms with van der Waals surface area (Å²) in [6.45, 7) is 6.61. The Morgan fingerprint density at radius 2 is 0.480 bits per heavy atom. The molecule has 0 aliphatic carbocycles. The Morgan fingerprint density at radius 1 is 0.267 bits per heavy atom. The van der Waals surface area contributed by atoms with E-state index < -0.39 is 6.10 Å². The van der Waals surface area contributed by atoms with Gasteiger partial charge in [0.2, 0.25) is 0 Å². The molecule has 0 radical (unpaired) electrons. The molecule has 0 N–H and O–H groups in total. The van der Waals surface area contributed by atoms with Crippen LogP contribution < -0.4 is 0 Å². The number of esters is 3. The molecule has 0 aromatic heterocycles. The van der Waals surface area contributed by atoms with E-state index in [1.54, 1.807) is 0 Å². The Morgan fingerprint density at radius 3 is 0.760 bits per heavy atom. The molecule has 0 aliphatic rings. The third-order valence-electron chi connectivity index (χ3n) is 14.2. The molecule has 0 aliphatic heterocycles. The van der Waals surface area contributed by atoms with Crippen LogP contribution in [0.4, 0.5) is 0 Å². The first kappa shape index (κ1) is 71.8. The number of allylic oxidation sites excluding steroid dienone is 12. The molecule has 0 bridgehead atoms. The standard InChI is InChI=1S/C69H122O6/c1-4-7-10-13-16-19-22-25-28-30-32-34-36-38-41-44-47-50-53-56-59-62-68(71)74-65-66(64-73-67(70)61-58-55-52-49-46-43-40-27-24-21-18-15-12-9-6-3)75-69(72)63-60-57-54-51-48-45-42-39-37-35-33-31-29-26-23-20-17-14-11-8-5-2/h18,21-23,25-27,30-33,40,66H,4-17,19-20,24,28-29,34-39,41-65H2,1-3H3/b21-18-,25-22-,26-23-,32-30-,33-31-,40-27-. The van der Waals surface area contributed by atoms with Crippen LogP contribution in [0.5, 0.6) is 0 Å². The minimum Gasteiger partial charge on any atom is -0.462 e. The monoisotopic (exact) mass is 1050 g/mol. The van der Waals surface area contributed by atoms with Crippen molar-refractivity contribution in [3.05, 3.63) is 72.9 Å². The molecule has 0 aromatic carbocycles. The molecule has 0 saturated heterocycles. The molecule has 1 atom stereocenters. The Labute approximate surface area is 465 Å². The molecule has 0 fully saturated rings. The second kappa shape index (κ2) is 63.4. The maximum Gasteiger partial charge on any atom is 0.306 e. The lowest BCUT2D eigenvalue weighted by Gasteiger charge is -2.18. The van der Waals surface area contributed by atoms with Crippen LogP contribution in [0.2, 0.25) is 0 Å². The average Bonchev–Trinajstić information content (AvgIpc) is 3.41. The highest BCUT2D eigenvalue weighted by Crippen LogP contribution is 2.16. The van der Waals surface area contributed by atoms with Gasteiger partial charge in [-0.3, -0.25) is 14.4 Å². The SMILES string of the molecule is CCCCC/C=C\C/C=C\CCCCCCCC(=O)OCC(COC(=O)CCCCCCCCCCC/C=C\C/C=C\CCCCCCC)OC(=O)CCCCCCCCCCC/C=C\C/C=C\CCCCCCC. The van der Waals surface area contributed by atoms with Gasteiger partial charge >= 0.3 is 17.9 Å². The predicted molar refractivity (Wildman–Crippen MR) is 325 cm³/mol. The molecule has 0 spiro atoms. The number of ether oxygens (including phenoxy) is 3. The van der Waals surface area contributed by atoms with Gasteiger partial charge in [-0.25, -0.2) is 0 Å². The van der Waals surface area contributed by atoms with E-state index in [1.165, 1.54) is 199 Å². The maximum atomic E-state index is 12.9. The van der Waals surface area contributed by atoms with E-state index in [1.807, 2.05) is 0 Å². The zero-order valence-corrected chi connectivity index (χ0v) is 49.8. The summed E-state index contributed by atoms with van der Waals surface area (Å²) >= 11 is 0. The molecule has 0 saturated carbocycles. The smallest absolute Gasteiger partial charge is 0.306 e. The summed E-state index contributed by atoms with van der Waals surface area (Å²) in [6.07, 6.45) is 81.8. The molecule has 0 amide bonds. The van der Waals surface area contributed by atoms with Crippen molar-refractivity contribution in [1.29, 1.82) is 0 Å². The molecule has 6 heteroatoms. The third-order valence-corrected chi connectivity index (χ3v) is 14.2. The first-order chi connectivity index (χ1) is 37.0. The van der Waals surface area contributed by atoms with E-state index in [0.717, 1.165) is 89.9 Å². The first-order valence-electron chi connectivity index (χ1n) is 32.4. The van der Waals surface area contributed by atoms with E-state index in [-0.39, 0.29) is 31.1 Å². The number of carbonyl (C=O) groups excluding carboxylic acids is 3. The highest BCUT2D eigenvalue weighted by atomic mass is 16.6. The lowest BCUT2D eigenvalue weighted by atomic mass is 10.1. The minimum absolute atomic E-state index is 0.0828. The second-order valence-electron chi connectivity index (χ2n) is 21.7. The minimum atomic E-state index is -0.787.